The monoisotopic (exact) mass is 709 g/mol. The Kier molecular flexibility index (Phi) is 10.4. The predicted octanol–water partition coefficient (Wildman–Crippen LogP) is 6.72. The van der Waals surface area contributed by atoms with Crippen LogP contribution < -0.4 is 14.5 Å². The summed E-state index contributed by atoms with van der Waals surface area (Å²) in [6.45, 7) is 5.39. The lowest BCUT2D eigenvalue weighted by Gasteiger charge is -2.31. The number of ether oxygens (including phenoxy) is 2. The molecule has 1 saturated heterocycles. The van der Waals surface area contributed by atoms with Gasteiger partial charge in [-0.15, -0.1) is 0 Å². The van der Waals surface area contributed by atoms with Crippen LogP contribution in [0.3, 0.4) is 0 Å². The zero-order chi connectivity index (χ0) is 36.3. The minimum atomic E-state index is -3.55. The number of methoxy groups -OCH3 is 1. The average molecular weight is 710 g/mol. The van der Waals surface area contributed by atoms with Gasteiger partial charge in [0.2, 0.25) is 20.7 Å². The van der Waals surface area contributed by atoms with Gasteiger partial charge in [0.15, 0.2) is 5.60 Å². The van der Waals surface area contributed by atoms with Gasteiger partial charge in [-0.25, -0.2) is 0 Å². The molecule has 9 nitrogen and oxygen atoms in total. The highest BCUT2D eigenvalue weighted by molar-refractivity contribution is 6.72. The molecule has 4 aromatic carbocycles. The largest absolute Gasteiger partial charge is 0.497 e. The van der Waals surface area contributed by atoms with Crippen molar-refractivity contribution in [3.8, 4) is 5.75 Å². The zero-order valence-corrected chi connectivity index (χ0v) is 30.4. The van der Waals surface area contributed by atoms with Crippen LogP contribution in [0.1, 0.15) is 30.0 Å². The number of carbonyl (C=O) groups is 3. The molecule has 0 saturated carbocycles. The highest BCUT2D eigenvalue weighted by Crippen LogP contribution is 2.60. The van der Waals surface area contributed by atoms with E-state index < -0.39 is 31.6 Å². The Balaban J connectivity index is 1.35. The van der Waals surface area contributed by atoms with E-state index in [9.17, 15) is 19.5 Å². The molecule has 4 aromatic rings. The first kappa shape index (κ1) is 36.0. The molecule has 2 heterocycles. The lowest BCUT2D eigenvalue weighted by atomic mass is 9.82. The molecule has 0 bridgehead atoms. The molecule has 11 heteroatoms. The second-order valence-corrected chi connectivity index (χ2v) is 17.6. The standard InChI is InChI=1S/C40H44FN3O6Si/c1-28-38(51(3,4)41)36(24-37(47)42(20-21-45)25-29-12-7-5-8-13-29)50-40(28)34-23-33(49-2)18-19-35(34)43(39(40)48)26-30-14-11-17-32(22-30)44(27-46)31-15-9-6-10-16-31/h5-19,22-23,27-28,36,38,45H,20-21,24-26H2,1-4H3/t28-,36+,38-,40+/m1/s1. The Hall–Kier alpha value is -4.84. The third-order valence-electron chi connectivity index (χ3n) is 10.2. The van der Waals surface area contributed by atoms with Crippen LogP contribution in [0.4, 0.5) is 21.2 Å². The van der Waals surface area contributed by atoms with Crippen molar-refractivity contribution in [3.63, 3.8) is 0 Å². The van der Waals surface area contributed by atoms with Gasteiger partial charge in [-0.2, -0.15) is 0 Å². The quantitative estimate of drug-likeness (QED) is 0.0941. The summed E-state index contributed by atoms with van der Waals surface area (Å²) in [7, 11) is -2.00. The van der Waals surface area contributed by atoms with Crippen molar-refractivity contribution in [2.24, 2.45) is 5.92 Å². The highest BCUT2D eigenvalue weighted by Gasteiger charge is 2.67. The lowest BCUT2D eigenvalue weighted by Crippen LogP contribution is -2.45. The maximum absolute atomic E-state index is 16.5. The number of aliphatic hydroxyl groups is 1. The summed E-state index contributed by atoms with van der Waals surface area (Å²) < 4.78 is 28.9. The second kappa shape index (κ2) is 14.8. The number of carbonyl (C=O) groups excluding carboxylic acids is 3. The molecule has 6 rings (SSSR count). The molecule has 0 aliphatic carbocycles. The number of nitrogens with zero attached hydrogens (tertiary/aromatic N) is 3. The summed E-state index contributed by atoms with van der Waals surface area (Å²) in [6.07, 6.45) is -0.264. The van der Waals surface area contributed by atoms with E-state index in [4.69, 9.17) is 9.47 Å². The summed E-state index contributed by atoms with van der Waals surface area (Å²) in [5, 5.41) is 9.82. The molecule has 2 aliphatic rings. The summed E-state index contributed by atoms with van der Waals surface area (Å²) in [6, 6.07) is 31.6. The van der Waals surface area contributed by atoms with Crippen LogP contribution in [0.25, 0.3) is 0 Å². The van der Waals surface area contributed by atoms with E-state index in [1.165, 1.54) is 4.90 Å². The van der Waals surface area contributed by atoms with Gasteiger partial charge in [-0.3, -0.25) is 19.3 Å². The van der Waals surface area contributed by atoms with Gasteiger partial charge in [0.1, 0.15) is 5.75 Å². The number of hydrogen-bond donors (Lipinski definition) is 1. The van der Waals surface area contributed by atoms with Crippen LogP contribution in [0.2, 0.25) is 18.6 Å². The number of anilines is 3. The Morgan fingerprint density at radius 3 is 2.29 bits per heavy atom. The highest BCUT2D eigenvalue weighted by atomic mass is 28.4. The SMILES string of the molecule is COc1ccc2c(c1)[C@]1(O[C@@H](CC(=O)N(CCO)Cc3ccccc3)[C@H]([Si](C)(C)F)[C@H]1C)C(=O)N2Cc1cccc(N(C=O)c2ccccc2)c1. The van der Waals surface area contributed by atoms with E-state index in [2.05, 4.69) is 0 Å². The number of amides is 3. The van der Waals surface area contributed by atoms with Crippen LogP contribution in [0.15, 0.2) is 103 Å². The Bertz CT molecular complexity index is 1870. The smallest absolute Gasteiger partial charge is 0.264 e. The molecule has 0 radical (unpaired) electrons. The number of rotatable bonds is 13. The predicted molar refractivity (Wildman–Crippen MR) is 197 cm³/mol. The minimum Gasteiger partial charge on any atom is -0.497 e. The van der Waals surface area contributed by atoms with Crippen molar-refractivity contribution in [2.45, 2.75) is 56.8 Å². The Morgan fingerprint density at radius 2 is 1.65 bits per heavy atom. The van der Waals surface area contributed by atoms with Crippen LogP contribution in [0, 0.1) is 5.92 Å². The van der Waals surface area contributed by atoms with Crippen molar-refractivity contribution in [2.75, 3.05) is 30.1 Å². The van der Waals surface area contributed by atoms with Crippen molar-refractivity contribution in [3.05, 3.63) is 120 Å². The number of aliphatic hydroxyl groups excluding tert-OH is 1. The summed E-state index contributed by atoms with van der Waals surface area (Å²) >= 11 is 0. The van der Waals surface area contributed by atoms with Gasteiger partial charge < -0.3 is 28.5 Å². The number of para-hydroxylation sites is 1. The Morgan fingerprint density at radius 1 is 0.980 bits per heavy atom. The first-order valence-corrected chi connectivity index (χ1v) is 20.2. The zero-order valence-electron chi connectivity index (χ0n) is 29.4. The second-order valence-electron chi connectivity index (χ2n) is 13.8. The van der Waals surface area contributed by atoms with Crippen molar-refractivity contribution in [1.29, 1.82) is 0 Å². The van der Waals surface area contributed by atoms with E-state index >= 15 is 4.11 Å². The molecule has 3 amide bonds. The third kappa shape index (κ3) is 6.93. The van der Waals surface area contributed by atoms with E-state index in [1.807, 2.05) is 97.9 Å². The summed E-state index contributed by atoms with van der Waals surface area (Å²) in [5.74, 6) is -0.710. The molecule has 0 unspecified atom stereocenters. The van der Waals surface area contributed by atoms with E-state index in [1.54, 1.807) is 42.1 Å². The molecular formula is C40H44FN3O6Si. The first-order valence-electron chi connectivity index (χ1n) is 17.2. The van der Waals surface area contributed by atoms with E-state index in [0.29, 0.717) is 28.4 Å². The van der Waals surface area contributed by atoms with Gasteiger partial charge in [0, 0.05) is 41.5 Å². The molecular weight excluding hydrogens is 666 g/mol. The number of halogens is 1. The van der Waals surface area contributed by atoms with Crippen molar-refractivity contribution < 1.29 is 33.1 Å². The van der Waals surface area contributed by atoms with Gasteiger partial charge in [0.05, 0.1) is 38.5 Å². The van der Waals surface area contributed by atoms with Crippen LogP contribution in [-0.4, -0.2) is 63.0 Å². The van der Waals surface area contributed by atoms with Gasteiger partial charge in [0.25, 0.3) is 5.91 Å². The molecule has 2 aliphatic heterocycles. The van der Waals surface area contributed by atoms with Crippen molar-refractivity contribution >= 4 is 43.7 Å². The molecule has 0 aromatic heterocycles. The fourth-order valence-corrected chi connectivity index (χ4v) is 10.4. The normalized spacial score (nSPS) is 21.1. The lowest BCUT2D eigenvalue weighted by molar-refractivity contribution is -0.150. The van der Waals surface area contributed by atoms with Crippen LogP contribution in [-0.2, 0) is 37.8 Å². The van der Waals surface area contributed by atoms with Gasteiger partial charge in [-0.1, -0.05) is 67.6 Å². The molecule has 4 atom stereocenters. The maximum Gasteiger partial charge on any atom is 0.264 e. The number of hydrogen-bond acceptors (Lipinski definition) is 6. The van der Waals surface area contributed by atoms with Gasteiger partial charge >= 0.3 is 0 Å². The summed E-state index contributed by atoms with van der Waals surface area (Å²) in [5.41, 5.74) is 1.96. The molecule has 1 spiro atoms. The Labute approximate surface area is 299 Å². The number of fused-ring (bicyclic) bond motifs is 2. The first-order chi connectivity index (χ1) is 24.5. The molecule has 1 N–H and O–H groups in total. The maximum atomic E-state index is 16.5. The van der Waals surface area contributed by atoms with Crippen LogP contribution in [0.5, 0.6) is 5.75 Å². The molecule has 51 heavy (non-hydrogen) atoms. The minimum absolute atomic E-state index is 0.111. The van der Waals surface area contributed by atoms with Crippen LogP contribution >= 0.6 is 0 Å². The van der Waals surface area contributed by atoms with E-state index in [-0.39, 0.29) is 44.5 Å². The van der Waals surface area contributed by atoms with Crippen molar-refractivity contribution in [1.82, 2.24) is 4.90 Å². The number of benzene rings is 4. The fraction of sp³-hybridized carbons (Fsp3) is 0.325. The topological polar surface area (TPSA) is 99.6 Å². The fourth-order valence-electron chi connectivity index (χ4n) is 7.87. The van der Waals surface area contributed by atoms with Gasteiger partial charge in [-0.05, 0) is 66.7 Å². The molecule has 266 valence electrons. The average Bonchev–Trinajstić information content (AvgIpc) is 3.55. The third-order valence-corrected chi connectivity index (χ3v) is 12.6. The van der Waals surface area contributed by atoms with E-state index in [0.717, 1.165) is 17.5 Å². The summed E-state index contributed by atoms with van der Waals surface area (Å²) in [4.78, 5) is 45.8. The molecule has 1 fully saturated rings.